The van der Waals surface area contributed by atoms with E-state index in [1.165, 1.54) is 6.92 Å². The molecule has 0 rings (SSSR count). The quantitative estimate of drug-likeness (QED) is 0.408. The fourth-order valence-corrected chi connectivity index (χ4v) is 0.586. The summed E-state index contributed by atoms with van der Waals surface area (Å²) < 4.78 is 11.6. The van der Waals surface area contributed by atoms with E-state index in [1.54, 1.807) is 0 Å². The van der Waals surface area contributed by atoms with Crippen LogP contribution < -0.4 is 5.73 Å². The van der Waals surface area contributed by atoms with Crippen LogP contribution in [0.4, 0.5) is 4.39 Å². The van der Waals surface area contributed by atoms with Crippen molar-refractivity contribution in [1.82, 2.24) is 0 Å². The lowest BCUT2D eigenvalue weighted by atomic mass is 10.1. The van der Waals surface area contributed by atoms with Crippen LogP contribution in [0.3, 0.4) is 0 Å². The Morgan fingerprint density at radius 2 is 1.80 bits per heavy atom. The van der Waals surface area contributed by atoms with Gasteiger partial charge in [-0.25, -0.2) is 4.39 Å². The molecule has 0 unspecified atom stereocenters. The maximum atomic E-state index is 11.6. The Balaban J connectivity index is 0. The van der Waals surface area contributed by atoms with Crippen molar-refractivity contribution in [3.63, 3.8) is 0 Å². The lowest BCUT2D eigenvalue weighted by Crippen LogP contribution is -2.38. The van der Waals surface area contributed by atoms with E-state index in [-0.39, 0.29) is 12.3 Å². The van der Waals surface area contributed by atoms with E-state index >= 15 is 0 Å². The maximum absolute atomic E-state index is 11.6. The van der Waals surface area contributed by atoms with Crippen molar-refractivity contribution in [3.8, 4) is 0 Å². The first-order valence-electron chi connectivity index (χ1n) is 4.16. The molecule has 5 N–H and O–H groups in total. The summed E-state index contributed by atoms with van der Waals surface area (Å²) in [5.74, 6) is -0.333. The van der Waals surface area contributed by atoms with Crippen molar-refractivity contribution in [1.29, 1.82) is 0 Å². The van der Waals surface area contributed by atoms with Gasteiger partial charge in [0, 0.05) is 13.3 Å². The molecule has 0 aromatic carbocycles. The first-order chi connectivity index (χ1) is 6.86. The molecule has 0 aliphatic rings. The van der Waals surface area contributed by atoms with Gasteiger partial charge in [-0.1, -0.05) is 0 Å². The minimum Gasteiger partial charge on any atom is -0.390 e. The summed E-state index contributed by atoms with van der Waals surface area (Å²) in [4.78, 5) is 19.0. The molecular weight excluding hydrogens is 209 g/mol. The SMILES string of the molecule is CC(N)=O.O=CC[C@@H](O)[C@H](O)[C@H](O)CF. The van der Waals surface area contributed by atoms with Gasteiger partial charge in [-0.3, -0.25) is 4.79 Å². The average Bonchev–Trinajstić information content (AvgIpc) is 2.15. The summed E-state index contributed by atoms with van der Waals surface area (Å²) in [5.41, 5.74) is 4.47. The number of hydrogen-bond acceptors (Lipinski definition) is 5. The van der Waals surface area contributed by atoms with Gasteiger partial charge in [0.25, 0.3) is 0 Å². The van der Waals surface area contributed by atoms with E-state index in [2.05, 4.69) is 5.73 Å². The number of halogens is 1. The molecule has 0 aromatic heterocycles. The van der Waals surface area contributed by atoms with Gasteiger partial charge in [-0.05, 0) is 0 Å². The van der Waals surface area contributed by atoms with E-state index in [0.29, 0.717) is 6.29 Å². The number of primary amides is 1. The minimum absolute atomic E-state index is 0.307. The molecule has 0 bridgehead atoms. The van der Waals surface area contributed by atoms with Crippen LogP contribution in [0.25, 0.3) is 0 Å². The summed E-state index contributed by atoms with van der Waals surface area (Å²) >= 11 is 0. The fourth-order valence-electron chi connectivity index (χ4n) is 0.586. The number of aldehydes is 1. The third-order valence-corrected chi connectivity index (χ3v) is 1.28. The molecule has 0 fully saturated rings. The van der Waals surface area contributed by atoms with Gasteiger partial charge in [-0.15, -0.1) is 0 Å². The van der Waals surface area contributed by atoms with Gasteiger partial charge in [0.2, 0.25) is 5.91 Å². The largest absolute Gasteiger partial charge is 0.390 e. The third kappa shape index (κ3) is 10.9. The molecule has 0 aromatic rings. The van der Waals surface area contributed by atoms with Crippen molar-refractivity contribution in [3.05, 3.63) is 0 Å². The smallest absolute Gasteiger partial charge is 0.214 e. The number of rotatable bonds is 5. The predicted octanol–water partition coefficient (Wildman–Crippen LogP) is -1.88. The fraction of sp³-hybridized carbons (Fsp3) is 0.750. The van der Waals surface area contributed by atoms with Crippen molar-refractivity contribution < 1.29 is 29.3 Å². The molecule has 0 radical (unpaired) electrons. The Bertz CT molecular complexity index is 186. The zero-order valence-corrected chi connectivity index (χ0v) is 8.34. The second kappa shape index (κ2) is 9.50. The molecule has 90 valence electrons. The Labute approximate surface area is 86.5 Å². The molecule has 0 aliphatic heterocycles. The summed E-state index contributed by atoms with van der Waals surface area (Å²) in [6.07, 6.45) is -4.52. The normalized spacial score (nSPS) is 15.5. The first-order valence-corrected chi connectivity index (χ1v) is 4.16. The van der Waals surface area contributed by atoms with Crippen LogP contribution in [0.2, 0.25) is 0 Å². The van der Waals surface area contributed by atoms with E-state index in [9.17, 15) is 14.0 Å². The second-order valence-corrected chi connectivity index (χ2v) is 2.79. The van der Waals surface area contributed by atoms with Gasteiger partial charge < -0.3 is 25.8 Å². The molecule has 15 heavy (non-hydrogen) atoms. The molecular formula is C8H16FNO5. The number of nitrogens with two attached hydrogens (primary N) is 1. The third-order valence-electron chi connectivity index (χ3n) is 1.28. The number of carbonyl (C=O) groups excluding carboxylic acids is 2. The van der Waals surface area contributed by atoms with Gasteiger partial charge in [0.15, 0.2) is 0 Å². The van der Waals surface area contributed by atoms with Crippen molar-refractivity contribution in [2.24, 2.45) is 5.73 Å². The van der Waals surface area contributed by atoms with Crippen LogP contribution in [0.5, 0.6) is 0 Å². The standard InChI is InChI=1S/C6H11FO4.C2H5NO/c7-3-5(10)6(11)4(9)1-2-8;1-2(3)4/h2,4-6,9-11H,1,3H2;1H3,(H2,3,4)/t4-,5-,6+;/m1./s1. The molecule has 0 spiro atoms. The molecule has 6 nitrogen and oxygen atoms in total. The number of carbonyl (C=O) groups is 2. The molecule has 0 aliphatic carbocycles. The highest BCUT2D eigenvalue weighted by atomic mass is 19.1. The van der Waals surface area contributed by atoms with Gasteiger partial charge in [0.05, 0.1) is 6.10 Å². The Hall–Kier alpha value is -1.05. The number of amides is 1. The van der Waals surface area contributed by atoms with Gasteiger partial charge in [-0.2, -0.15) is 0 Å². The van der Waals surface area contributed by atoms with Gasteiger partial charge in [0.1, 0.15) is 25.2 Å². The van der Waals surface area contributed by atoms with E-state index in [0.717, 1.165) is 0 Å². The molecule has 0 heterocycles. The number of aliphatic hydroxyl groups excluding tert-OH is 3. The number of alkyl halides is 1. The van der Waals surface area contributed by atoms with Gasteiger partial charge >= 0.3 is 0 Å². The van der Waals surface area contributed by atoms with E-state index in [1.807, 2.05) is 0 Å². The predicted molar refractivity (Wildman–Crippen MR) is 49.5 cm³/mol. The molecule has 0 saturated heterocycles. The summed E-state index contributed by atoms with van der Waals surface area (Å²) in [7, 11) is 0. The summed E-state index contributed by atoms with van der Waals surface area (Å²) in [5, 5.41) is 26.3. The molecule has 3 atom stereocenters. The van der Waals surface area contributed by atoms with Crippen LogP contribution in [0.1, 0.15) is 13.3 Å². The zero-order valence-electron chi connectivity index (χ0n) is 8.34. The van der Waals surface area contributed by atoms with Crippen LogP contribution in [-0.4, -0.2) is 52.5 Å². The van der Waals surface area contributed by atoms with Crippen molar-refractivity contribution >= 4 is 12.2 Å². The highest BCUT2D eigenvalue weighted by Crippen LogP contribution is 2.02. The Morgan fingerprint density at radius 3 is 2.07 bits per heavy atom. The number of hydrogen-bond donors (Lipinski definition) is 4. The Morgan fingerprint density at radius 1 is 1.40 bits per heavy atom. The minimum atomic E-state index is -1.62. The van der Waals surface area contributed by atoms with E-state index < -0.39 is 25.0 Å². The molecule has 7 heteroatoms. The van der Waals surface area contributed by atoms with Crippen LogP contribution in [0.15, 0.2) is 0 Å². The summed E-state index contributed by atoms with van der Waals surface area (Å²) in [6, 6.07) is 0. The van der Waals surface area contributed by atoms with Crippen LogP contribution in [0, 0.1) is 0 Å². The van der Waals surface area contributed by atoms with Crippen molar-refractivity contribution in [2.45, 2.75) is 31.7 Å². The van der Waals surface area contributed by atoms with Crippen LogP contribution in [-0.2, 0) is 9.59 Å². The second-order valence-electron chi connectivity index (χ2n) is 2.79. The molecule has 1 amide bonds. The highest BCUT2D eigenvalue weighted by molar-refractivity contribution is 5.70. The lowest BCUT2D eigenvalue weighted by Gasteiger charge is -2.18. The lowest BCUT2D eigenvalue weighted by molar-refractivity contribution is -0.116. The first kappa shape index (κ1) is 16.4. The number of aliphatic hydroxyl groups is 3. The monoisotopic (exact) mass is 225 g/mol. The van der Waals surface area contributed by atoms with E-state index in [4.69, 9.17) is 15.3 Å². The molecule has 0 saturated carbocycles. The zero-order chi connectivity index (χ0) is 12.4. The Kier molecular flexibility index (Phi) is 10.4. The maximum Gasteiger partial charge on any atom is 0.214 e. The topological polar surface area (TPSA) is 121 Å². The van der Waals surface area contributed by atoms with Crippen LogP contribution >= 0.6 is 0 Å². The average molecular weight is 225 g/mol. The van der Waals surface area contributed by atoms with Crippen molar-refractivity contribution in [2.75, 3.05) is 6.67 Å². The highest BCUT2D eigenvalue weighted by Gasteiger charge is 2.23. The summed E-state index contributed by atoms with van der Waals surface area (Å²) in [6.45, 7) is 0.164.